The molecule has 0 bridgehead atoms. The second-order valence-electron chi connectivity index (χ2n) is 5.69. The van der Waals surface area contributed by atoms with Crippen LogP contribution in [0.25, 0.3) is 0 Å². The van der Waals surface area contributed by atoms with E-state index in [1.165, 1.54) is 5.56 Å². The first-order chi connectivity index (χ1) is 11.0. The number of rotatable bonds is 6. The molecule has 6 nitrogen and oxygen atoms in total. The maximum absolute atomic E-state index is 11.5. The summed E-state index contributed by atoms with van der Waals surface area (Å²) in [7, 11) is 0.485. The van der Waals surface area contributed by atoms with Crippen molar-refractivity contribution in [2.24, 2.45) is 4.99 Å². The molecule has 1 unspecified atom stereocenters. The third-order valence-corrected chi connectivity index (χ3v) is 5.66. The van der Waals surface area contributed by atoms with Gasteiger partial charge in [-0.15, -0.1) is 0 Å². The maximum atomic E-state index is 11.5. The lowest BCUT2D eigenvalue weighted by molar-refractivity contribution is 0.414. The van der Waals surface area contributed by atoms with Crippen molar-refractivity contribution in [3.63, 3.8) is 0 Å². The second-order valence-corrected chi connectivity index (χ2v) is 7.92. The summed E-state index contributed by atoms with van der Waals surface area (Å²) in [5.74, 6) is 1.99. The molecule has 128 valence electrons. The van der Waals surface area contributed by atoms with E-state index in [2.05, 4.69) is 27.8 Å². The highest BCUT2D eigenvalue weighted by Gasteiger charge is 2.28. The number of aryl methyl sites for hydroxylation is 1. The molecule has 1 saturated heterocycles. The first-order valence-electron chi connectivity index (χ1n) is 7.83. The van der Waals surface area contributed by atoms with Gasteiger partial charge in [0.15, 0.2) is 15.8 Å². The minimum Gasteiger partial charge on any atom is -0.497 e. The van der Waals surface area contributed by atoms with E-state index >= 15 is 0 Å². The van der Waals surface area contributed by atoms with Crippen molar-refractivity contribution in [1.29, 1.82) is 0 Å². The second kappa shape index (κ2) is 8.19. The zero-order chi connectivity index (χ0) is 16.7. The summed E-state index contributed by atoms with van der Waals surface area (Å²) < 4.78 is 28.1. The van der Waals surface area contributed by atoms with Gasteiger partial charge in [0, 0.05) is 19.6 Å². The van der Waals surface area contributed by atoms with E-state index in [0.29, 0.717) is 12.4 Å². The van der Waals surface area contributed by atoms with Crippen molar-refractivity contribution in [2.75, 3.05) is 32.2 Å². The summed E-state index contributed by atoms with van der Waals surface area (Å²) in [6, 6.07) is 8.02. The lowest BCUT2D eigenvalue weighted by Gasteiger charge is -2.16. The highest BCUT2D eigenvalue weighted by molar-refractivity contribution is 7.91. The molecular formula is C16H25N3O3S. The first-order valence-corrected chi connectivity index (χ1v) is 9.65. The molecule has 2 N–H and O–H groups in total. The van der Waals surface area contributed by atoms with Gasteiger partial charge in [-0.3, -0.25) is 4.99 Å². The highest BCUT2D eigenvalue weighted by atomic mass is 32.2. The number of aliphatic imine (C=N–C) groups is 1. The van der Waals surface area contributed by atoms with Crippen LogP contribution in [0.2, 0.25) is 0 Å². The van der Waals surface area contributed by atoms with Crippen molar-refractivity contribution < 1.29 is 13.2 Å². The SMILES string of the molecule is CN=C(NCCCc1ccc(OC)cc1)NC1CCS(=O)(=O)C1. The van der Waals surface area contributed by atoms with E-state index < -0.39 is 9.84 Å². The Morgan fingerprint density at radius 1 is 1.35 bits per heavy atom. The van der Waals surface area contributed by atoms with Crippen molar-refractivity contribution in [3.8, 4) is 5.75 Å². The molecule has 1 fully saturated rings. The number of nitrogens with one attached hydrogen (secondary N) is 2. The van der Waals surface area contributed by atoms with Crippen molar-refractivity contribution in [2.45, 2.75) is 25.3 Å². The number of benzene rings is 1. The van der Waals surface area contributed by atoms with E-state index in [1.807, 2.05) is 12.1 Å². The van der Waals surface area contributed by atoms with E-state index in [-0.39, 0.29) is 17.5 Å². The van der Waals surface area contributed by atoms with Gasteiger partial charge in [-0.2, -0.15) is 0 Å². The van der Waals surface area contributed by atoms with Crippen molar-refractivity contribution in [1.82, 2.24) is 10.6 Å². The number of ether oxygens (including phenoxy) is 1. The molecule has 2 rings (SSSR count). The predicted molar refractivity (Wildman–Crippen MR) is 92.9 cm³/mol. The van der Waals surface area contributed by atoms with Gasteiger partial charge in [0.2, 0.25) is 0 Å². The molecule has 0 radical (unpaired) electrons. The third kappa shape index (κ3) is 5.74. The molecule has 1 aliphatic rings. The fraction of sp³-hybridized carbons (Fsp3) is 0.562. The van der Waals surface area contributed by atoms with E-state index in [1.54, 1.807) is 14.2 Å². The Labute approximate surface area is 138 Å². The summed E-state index contributed by atoms with van der Waals surface area (Å²) in [5, 5.41) is 6.41. The number of methoxy groups -OCH3 is 1. The summed E-state index contributed by atoms with van der Waals surface area (Å²) in [5.41, 5.74) is 1.26. The molecule has 0 saturated carbocycles. The number of sulfone groups is 1. The molecule has 7 heteroatoms. The normalized spacial score (nSPS) is 20.3. The molecule has 0 spiro atoms. The molecule has 1 aromatic rings. The minimum absolute atomic E-state index is 0.0345. The average molecular weight is 339 g/mol. The number of hydrogen-bond donors (Lipinski definition) is 2. The molecule has 1 aliphatic heterocycles. The number of guanidine groups is 1. The Bertz CT molecular complexity index is 626. The van der Waals surface area contributed by atoms with Gasteiger partial charge in [-0.05, 0) is 37.0 Å². The quantitative estimate of drug-likeness (QED) is 0.459. The van der Waals surface area contributed by atoms with Gasteiger partial charge in [-0.25, -0.2) is 8.42 Å². The van der Waals surface area contributed by atoms with E-state index in [4.69, 9.17) is 4.74 Å². The van der Waals surface area contributed by atoms with Gasteiger partial charge >= 0.3 is 0 Å². The smallest absolute Gasteiger partial charge is 0.191 e. The molecule has 23 heavy (non-hydrogen) atoms. The van der Waals surface area contributed by atoms with Crippen LogP contribution in [0.4, 0.5) is 0 Å². The van der Waals surface area contributed by atoms with Crippen molar-refractivity contribution >= 4 is 15.8 Å². The average Bonchev–Trinajstić information content (AvgIpc) is 2.89. The summed E-state index contributed by atoms with van der Waals surface area (Å²) in [6.45, 7) is 0.783. The fourth-order valence-corrected chi connectivity index (χ4v) is 4.26. The molecule has 1 heterocycles. The lowest BCUT2D eigenvalue weighted by atomic mass is 10.1. The minimum atomic E-state index is -2.87. The van der Waals surface area contributed by atoms with Gasteiger partial charge in [0.1, 0.15) is 5.75 Å². The van der Waals surface area contributed by atoms with Gasteiger partial charge < -0.3 is 15.4 Å². The Kier molecular flexibility index (Phi) is 6.27. The molecule has 0 aromatic heterocycles. The van der Waals surface area contributed by atoms with Crippen LogP contribution in [0.5, 0.6) is 5.75 Å². The fourth-order valence-electron chi connectivity index (χ4n) is 2.59. The van der Waals surface area contributed by atoms with Crippen LogP contribution in [0.15, 0.2) is 29.3 Å². The molecule has 1 aromatic carbocycles. The van der Waals surface area contributed by atoms with E-state index in [9.17, 15) is 8.42 Å². The van der Waals surface area contributed by atoms with Crippen LogP contribution >= 0.6 is 0 Å². The maximum Gasteiger partial charge on any atom is 0.191 e. The Morgan fingerprint density at radius 2 is 2.09 bits per heavy atom. The van der Waals surface area contributed by atoms with Crippen molar-refractivity contribution in [3.05, 3.63) is 29.8 Å². The lowest BCUT2D eigenvalue weighted by Crippen LogP contribution is -2.44. The Hall–Kier alpha value is -1.76. The van der Waals surface area contributed by atoms with Gasteiger partial charge in [-0.1, -0.05) is 12.1 Å². The standard InChI is InChI=1S/C16H25N3O3S/c1-17-16(19-14-9-11-23(20,21)12-14)18-10-3-4-13-5-7-15(22-2)8-6-13/h5-8,14H,3-4,9-12H2,1-2H3,(H2,17,18,19). The van der Waals surface area contributed by atoms with Crippen LogP contribution in [-0.4, -0.2) is 52.6 Å². The van der Waals surface area contributed by atoms with Crippen LogP contribution in [0.3, 0.4) is 0 Å². The summed E-state index contributed by atoms with van der Waals surface area (Å²) >= 11 is 0. The van der Waals surface area contributed by atoms with Crippen LogP contribution in [-0.2, 0) is 16.3 Å². The highest BCUT2D eigenvalue weighted by Crippen LogP contribution is 2.12. The predicted octanol–water partition coefficient (Wildman–Crippen LogP) is 0.980. The third-order valence-electron chi connectivity index (χ3n) is 3.89. The Balaban J connectivity index is 1.69. The molecule has 0 amide bonds. The van der Waals surface area contributed by atoms with Crippen LogP contribution in [0.1, 0.15) is 18.4 Å². The summed E-state index contributed by atoms with van der Waals surface area (Å²) in [6.07, 6.45) is 2.58. The molecular weight excluding hydrogens is 314 g/mol. The largest absolute Gasteiger partial charge is 0.497 e. The number of nitrogens with zero attached hydrogens (tertiary/aromatic N) is 1. The van der Waals surface area contributed by atoms with Crippen LogP contribution < -0.4 is 15.4 Å². The Morgan fingerprint density at radius 3 is 2.65 bits per heavy atom. The van der Waals surface area contributed by atoms with Crippen LogP contribution in [0, 0.1) is 0 Å². The number of hydrogen-bond acceptors (Lipinski definition) is 4. The zero-order valence-corrected chi connectivity index (χ0v) is 14.5. The first kappa shape index (κ1) is 17.6. The summed E-state index contributed by atoms with van der Waals surface area (Å²) in [4.78, 5) is 4.15. The zero-order valence-electron chi connectivity index (χ0n) is 13.7. The van der Waals surface area contributed by atoms with Gasteiger partial charge in [0.25, 0.3) is 0 Å². The molecule has 0 aliphatic carbocycles. The molecule has 1 atom stereocenters. The van der Waals surface area contributed by atoms with E-state index in [0.717, 1.165) is 25.1 Å². The topological polar surface area (TPSA) is 79.8 Å². The van der Waals surface area contributed by atoms with Gasteiger partial charge in [0.05, 0.1) is 18.6 Å². The monoisotopic (exact) mass is 339 g/mol.